The van der Waals surface area contributed by atoms with Crippen molar-refractivity contribution in [1.29, 1.82) is 0 Å². The van der Waals surface area contributed by atoms with Gasteiger partial charge >= 0.3 is 17.9 Å². The molecular formula is C57H110O6. The summed E-state index contributed by atoms with van der Waals surface area (Å²) in [6.45, 7) is 11.4. The molecule has 0 aliphatic rings. The van der Waals surface area contributed by atoms with Crippen LogP contribution in [0.2, 0.25) is 0 Å². The quantitative estimate of drug-likeness (QED) is 0.0344. The smallest absolute Gasteiger partial charge is 0.306 e. The molecule has 6 nitrogen and oxygen atoms in total. The first kappa shape index (κ1) is 61.4. The normalized spacial score (nSPS) is 12.5. The summed E-state index contributed by atoms with van der Waals surface area (Å²) in [6.07, 6.45) is 52.2. The van der Waals surface area contributed by atoms with Gasteiger partial charge in [-0.15, -0.1) is 0 Å². The van der Waals surface area contributed by atoms with E-state index in [0.29, 0.717) is 19.3 Å². The van der Waals surface area contributed by atoms with Crippen molar-refractivity contribution in [3.05, 3.63) is 0 Å². The fraction of sp³-hybridized carbons (Fsp3) is 0.947. The summed E-state index contributed by atoms with van der Waals surface area (Å²) in [6, 6.07) is 0. The zero-order valence-corrected chi connectivity index (χ0v) is 43.2. The van der Waals surface area contributed by atoms with E-state index in [1.807, 2.05) is 0 Å². The molecule has 1 unspecified atom stereocenters. The molecule has 0 amide bonds. The Morgan fingerprint density at radius 1 is 0.333 bits per heavy atom. The molecule has 0 saturated heterocycles. The Bertz CT molecular complexity index is 964. The molecule has 0 aromatic heterocycles. The number of hydrogen-bond acceptors (Lipinski definition) is 6. The maximum absolute atomic E-state index is 12.8. The molecule has 63 heavy (non-hydrogen) atoms. The molecule has 0 N–H and O–H groups in total. The predicted octanol–water partition coefficient (Wildman–Crippen LogP) is 18.5. The molecule has 2 atom stereocenters. The molecule has 0 bridgehead atoms. The summed E-state index contributed by atoms with van der Waals surface area (Å²) >= 11 is 0. The van der Waals surface area contributed by atoms with Gasteiger partial charge in [-0.3, -0.25) is 14.4 Å². The van der Waals surface area contributed by atoms with Crippen LogP contribution in [0.15, 0.2) is 0 Å². The highest BCUT2D eigenvalue weighted by Gasteiger charge is 2.19. The Morgan fingerprint density at radius 3 is 0.905 bits per heavy atom. The molecule has 0 fully saturated rings. The van der Waals surface area contributed by atoms with Gasteiger partial charge in [-0.1, -0.05) is 279 Å². The standard InChI is InChI=1S/C57H110O6/c1-6-8-9-10-11-12-13-14-18-22-29-34-39-44-49-57(60)63-54(51-62-56(59)48-43-38-33-28-24-23-26-31-36-41-46-53(5)7-2)50-61-55(58)47-42-37-32-27-21-19-16-15-17-20-25-30-35-40-45-52(3)4/h52-54H,6-51H2,1-5H3/t53?,54-/m0/s1. The van der Waals surface area contributed by atoms with Crippen molar-refractivity contribution >= 4 is 17.9 Å². The lowest BCUT2D eigenvalue weighted by Crippen LogP contribution is -2.30. The predicted molar refractivity (Wildman–Crippen MR) is 270 cm³/mol. The minimum absolute atomic E-state index is 0.0629. The van der Waals surface area contributed by atoms with Crippen LogP contribution in [0.1, 0.15) is 317 Å². The molecule has 0 aliphatic heterocycles. The van der Waals surface area contributed by atoms with E-state index in [4.69, 9.17) is 14.2 Å². The summed E-state index contributed by atoms with van der Waals surface area (Å²) in [5, 5.41) is 0. The second kappa shape index (κ2) is 49.8. The average molecular weight is 892 g/mol. The lowest BCUT2D eigenvalue weighted by atomic mass is 9.99. The van der Waals surface area contributed by atoms with Crippen LogP contribution in [0.4, 0.5) is 0 Å². The molecular weight excluding hydrogens is 781 g/mol. The van der Waals surface area contributed by atoms with Gasteiger partial charge in [0.2, 0.25) is 0 Å². The molecule has 0 heterocycles. The SMILES string of the molecule is CCCCCCCCCCCCCCCCC(=O)O[C@@H](COC(=O)CCCCCCCCCCCCCCCCC(C)C)COC(=O)CCCCCCCCCCCCC(C)CC. The van der Waals surface area contributed by atoms with Crippen LogP contribution in [0.5, 0.6) is 0 Å². The summed E-state index contributed by atoms with van der Waals surface area (Å²) in [5.74, 6) is 0.873. The second-order valence-corrected chi connectivity index (χ2v) is 20.3. The van der Waals surface area contributed by atoms with Crippen molar-refractivity contribution in [3.8, 4) is 0 Å². The number of unbranched alkanes of at least 4 members (excludes halogenated alkanes) is 35. The van der Waals surface area contributed by atoms with Crippen molar-refractivity contribution in [2.75, 3.05) is 13.2 Å². The van der Waals surface area contributed by atoms with Crippen LogP contribution in [-0.4, -0.2) is 37.2 Å². The molecule has 0 aromatic rings. The topological polar surface area (TPSA) is 78.9 Å². The van der Waals surface area contributed by atoms with Crippen molar-refractivity contribution in [2.24, 2.45) is 11.8 Å². The first-order valence-electron chi connectivity index (χ1n) is 28.3. The first-order chi connectivity index (χ1) is 30.8. The van der Waals surface area contributed by atoms with Crippen molar-refractivity contribution in [1.82, 2.24) is 0 Å². The number of hydrogen-bond donors (Lipinski definition) is 0. The molecule has 6 heteroatoms. The number of carbonyl (C=O) groups is 3. The molecule has 0 rings (SSSR count). The fourth-order valence-electron chi connectivity index (χ4n) is 8.66. The minimum atomic E-state index is -0.762. The highest BCUT2D eigenvalue weighted by atomic mass is 16.6. The number of ether oxygens (including phenoxy) is 3. The average Bonchev–Trinajstić information content (AvgIpc) is 3.27. The van der Waals surface area contributed by atoms with E-state index in [-0.39, 0.29) is 31.1 Å². The van der Waals surface area contributed by atoms with Gasteiger partial charge in [0.25, 0.3) is 0 Å². The Morgan fingerprint density at radius 2 is 0.603 bits per heavy atom. The highest BCUT2D eigenvalue weighted by Crippen LogP contribution is 2.18. The van der Waals surface area contributed by atoms with E-state index < -0.39 is 6.10 Å². The Kier molecular flexibility index (Phi) is 48.6. The zero-order valence-electron chi connectivity index (χ0n) is 43.2. The third-order valence-corrected chi connectivity index (χ3v) is 13.3. The number of rotatable bonds is 51. The molecule has 0 aromatic carbocycles. The fourth-order valence-corrected chi connectivity index (χ4v) is 8.66. The van der Waals surface area contributed by atoms with Gasteiger partial charge in [0.1, 0.15) is 13.2 Å². The van der Waals surface area contributed by atoms with Gasteiger partial charge in [0, 0.05) is 19.3 Å². The zero-order chi connectivity index (χ0) is 46.1. The van der Waals surface area contributed by atoms with Gasteiger partial charge < -0.3 is 14.2 Å². The van der Waals surface area contributed by atoms with Crippen LogP contribution in [0.25, 0.3) is 0 Å². The van der Waals surface area contributed by atoms with E-state index in [1.54, 1.807) is 0 Å². The van der Waals surface area contributed by atoms with Gasteiger partial charge in [-0.25, -0.2) is 0 Å². The van der Waals surface area contributed by atoms with Crippen LogP contribution in [0.3, 0.4) is 0 Å². The maximum atomic E-state index is 12.8. The van der Waals surface area contributed by atoms with Crippen molar-refractivity contribution in [3.63, 3.8) is 0 Å². The highest BCUT2D eigenvalue weighted by molar-refractivity contribution is 5.71. The molecule has 0 aliphatic carbocycles. The van der Waals surface area contributed by atoms with E-state index in [1.165, 1.54) is 205 Å². The largest absolute Gasteiger partial charge is 0.462 e. The Balaban J connectivity index is 4.30. The second-order valence-electron chi connectivity index (χ2n) is 20.3. The van der Waals surface area contributed by atoms with E-state index >= 15 is 0 Å². The minimum Gasteiger partial charge on any atom is -0.462 e. The summed E-state index contributed by atoms with van der Waals surface area (Å²) in [7, 11) is 0. The number of esters is 3. The molecule has 0 saturated carbocycles. The lowest BCUT2D eigenvalue weighted by molar-refractivity contribution is -0.167. The van der Waals surface area contributed by atoms with Crippen LogP contribution in [0, 0.1) is 11.8 Å². The van der Waals surface area contributed by atoms with E-state index in [2.05, 4.69) is 34.6 Å². The van der Waals surface area contributed by atoms with Gasteiger partial charge in [-0.05, 0) is 31.1 Å². The third-order valence-electron chi connectivity index (χ3n) is 13.3. The third kappa shape index (κ3) is 49.7. The van der Waals surface area contributed by atoms with Crippen LogP contribution < -0.4 is 0 Å². The van der Waals surface area contributed by atoms with Gasteiger partial charge in [0.15, 0.2) is 6.10 Å². The number of carbonyl (C=O) groups excluding carboxylic acids is 3. The van der Waals surface area contributed by atoms with Gasteiger partial charge in [-0.2, -0.15) is 0 Å². The van der Waals surface area contributed by atoms with Crippen molar-refractivity contribution < 1.29 is 28.6 Å². The Labute approximate surface area is 393 Å². The summed E-state index contributed by atoms with van der Waals surface area (Å²) in [5.41, 5.74) is 0. The van der Waals surface area contributed by atoms with E-state index in [9.17, 15) is 14.4 Å². The van der Waals surface area contributed by atoms with E-state index in [0.717, 1.165) is 69.6 Å². The maximum Gasteiger partial charge on any atom is 0.306 e. The molecule has 0 radical (unpaired) electrons. The molecule has 0 spiro atoms. The first-order valence-corrected chi connectivity index (χ1v) is 28.3. The van der Waals surface area contributed by atoms with Gasteiger partial charge in [0.05, 0.1) is 0 Å². The van der Waals surface area contributed by atoms with Crippen LogP contribution in [-0.2, 0) is 28.6 Å². The molecule has 374 valence electrons. The van der Waals surface area contributed by atoms with Crippen molar-refractivity contribution in [2.45, 2.75) is 323 Å². The summed E-state index contributed by atoms with van der Waals surface area (Å²) < 4.78 is 16.9. The summed E-state index contributed by atoms with van der Waals surface area (Å²) in [4.78, 5) is 38.1. The monoisotopic (exact) mass is 891 g/mol. The lowest BCUT2D eigenvalue weighted by Gasteiger charge is -2.18. The Hall–Kier alpha value is -1.59. The van der Waals surface area contributed by atoms with Crippen LogP contribution >= 0.6 is 0 Å².